The maximum absolute atomic E-state index is 11.9. The van der Waals surface area contributed by atoms with Gasteiger partial charge >= 0.3 is 0 Å². The van der Waals surface area contributed by atoms with Crippen molar-refractivity contribution in [2.75, 3.05) is 25.6 Å². The molecule has 2 aromatic rings. The SMILES string of the molecule is COCCCNC(=O)c1ccc(Nc2ccc(C)c(C)c2)nn1. The van der Waals surface area contributed by atoms with Crippen LogP contribution < -0.4 is 10.6 Å². The van der Waals surface area contributed by atoms with Crippen LogP contribution in [0.3, 0.4) is 0 Å². The van der Waals surface area contributed by atoms with E-state index in [0.717, 1.165) is 12.1 Å². The molecule has 0 fully saturated rings. The third-order valence-electron chi connectivity index (χ3n) is 3.49. The van der Waals surface area contributed by atoms with Crippen LogP contribution >= 0.6 is 0 Å². The van der Waals surface area contributed by atoms with E-state index in [-0.39, 0.29) is 5.91 Å². The number of benzene rings is 1. The molecule has 0 saturated carbocycles. The van der Waals surface area contributed by atoms with Gasteiger partial charge in [-0.15, -0.1) is 10.2 Å². The Labute approximate surface area is 136 Å². The molecule has 0 radical (unpaired) electrons. The van der Waals surface area contributed by atoms with Crippen molar-refractivity contribution in [3.05, 3.63) is 47.2 Å². The number of aryl methyl sites for hydroxylation is 2. The molecule has 122 valence electrons. The summed E-state index contributed by atoms with van der Waals surface area (Å²) in [5.74, 6) is 0.371. The topological polar surface area (TPSA) is 76.1 Å². The Morgan fingerprint density at radius 3 is 2.61 bits per heavy atom. The number of aromatic nitrogens is 2. The second-order valence-electron chi connectivity index (χ2n) is 5.33. The molecule has 6 nitrogen and oxygen atoms in total. The van der Waals surface area contributed by atoms with Crippen molar-refractivity contribution in [2.24, 2.45) is 0 Å². The number of rotatable bonds is 7. The van der Waals surface area contributed by atoms with Gasteiger partial charge in [0.1, 0.15) is 0 Å². The minimum atomic E-state index is -0.230. The number of ether oxygens (including phenoxy) is 1. The van der Waals surface area contributed by atoms with E-state index in [1.165, 1.54) is 11.1 Å². The molecule has 1 aromatic carbocycles. The number of hydrogen-bond acceptors (Lipinski definition) is 5. The van der Waals surface area contributed by atoms with Crippen LogP contribution in [0.4, 0.5) is 11.5 Å². The van der Waals surface area contributed by atoms with E-state index in [1.54, 1.807) is 19.2 Å². The van der Waals surface area contributed by atoms with Gasteiger partial charge in [-0.05, 0) is 55.7 Å². The summed E-state index contributed by atoms with van der Waals surface area (Å²) in [6.07, 6.45) is 0.766. The molecule has 6 heteroatoms. The Morgan fingerprint density at radius 1 is 1.13 bits per heavy atom. The quantitative estimate of drug-likeness (QED) is 0.768. The highest BCUT2D eigenvalue weighted by Crippen LogP contribution is 2.17. The zero-order valence-corrected chi connectivity index (χ0v) is 13.7. The Balaban J connectivity index is 1.93. The fourth-order valence-electron chi connectivity index (χ4n) is 2.00. The molecule has 0 aliphatic carbocycles. The van der Waals surface area contributed by atoms with Crippen molar-refractivity contribution in [1.29, 1.82) is 0 Å². The molecule has 0 unspecified atom stereocenters. The van der Waals surface area contributed by atoms with E-state index < -0.39 is 0 Å². The molecular formula is C17H22N4O2. The van der Waals surface area contributed by atoms with Gasteiger partial charge < -0.3 is 15.4 Å². The molecule has 2 N–H and O–H groups in total. The smallest absolute Gasteiger partial charge is 0.271 e. The van der Waals surface area contributed by atoms with Gasteiger partial charge in [0.05, 0.1) is 0 Å². The number of carbonyl (C=O) groups is 1. The summed E-state index contributed by atoms with van der Waals surface area (Å²) in [5, 5.41) is 14.0. The normalized spacial score (nSPS) is 10.4. The number of amides is 1. The van der Waals surface area contributed by atoms with Gasteiger partial charge in [-0.2, -0.15) is 0 Å². The second kappa shape index (κ2) is 8.24. The lowest BCUT2D eigenvalue weighted by Gasteiger charge is -2.08. The highest BCUT2D eigenvalue weighted by Gasteiger charge is 2.07. The first-order valence-corrected chi connectivity index (χ1v) is 7.55. The summed E-state index contributed by atoms with van der Waals surface area (Å²) < 4.78 is 4.93. The van der Waals surface area contributed by atoms with Crippen LogP contribution in [0.5, 0.6) is 0 Å². The highest BCUT2D eigenvalue weighted by molar-refractivity contribution is 5.92. The largest absolute Gasteiger partial charge is 0.385 e. The number of nitrogens with zero attached hydrogens (tertiary/aromatic N) is 2. The van der Waals surface area contributed by atoms with Crippen LogP contribution in [-0.2, 0) is 4.74 Å². The Bertz CT molecular complexity index is 656. The summed E-state index contributed by atoms with van der Waals surface area (Å²) >= 11 is 0. The monoisotopic (exact) mass is 314 g/mol. The zero-order valence-electron chi connectivity index (χ0n) is 13.7. The number of nitrogens with one attached hydrogen (secondary N) is 2. The first-order valence-electron chi connectivity index (χ1n) is 7.55. The molecule has 0 spiro atoms. The lowest BCUT2D eigenvalue weighted by Crippen LogP contribution is -2.26. The molecule has 0 atom stereocenters. The maximum atomic E-state index is 11.9. The van der Waals surface area contributed by atoms with Crippen LogP contribution in [0.2, 0.25) is 0 Å². The predicted octanol–water partition coefficient (Wildman–Crippen LogP) is 2.60. The summed E-state index contributed by atoms with van der Waals surface area (Å²) in [5.41, 5.74) is 3.68. The highest BCUT2D eigenvalue weighted by atomic mass is 16.5. The molecule has 0 aliphatic rings. The van der Waals surface area contributed by atoms with Gasteiger partial charge in [0.15, 0.2) is 11.5 Å². The average molecular weight is 314 g/mol. The lowest BCUT2D eigenvalue weighted by atomic mass is 10.1. The molecule has 1 heterocycles. The van der Waals surface area contributed by atoms with Gasteiger partial charge in [0.2, 0.25) is 0 Å². The average Bonchev–Trinajstić information content (AvgIpc) is 2.55. The summed E-state index contributed by atoms with van der Waals surface area (Å²) in [4.78, 5) is 11.9. The molecule has 0 saturated heterocycles. The number of methoxy groups -OCH3 is 1. The first kappa shape index (κ1) is 16.9. The Morgan fingerprint density at radius 2 is 1.96 bits per heavy atom. The van der Waals surface area contributed by atoms with Crippen molar-refractivity contribution >= 4 is 17.4 Å². The summed E-state index contributed by atoms with van der Waals surface area (Å²) in [6, 6.07) is 9.48. The van der Waals surface area contributed by atoms with Gasteiger partial charge in [-0.25, -0.2) is 0 Å². The van der Waals surface area contributed by atoms with Crippen LogP contribution in [0.25, 0.3) is 0 Å². The van der Waals surface area contributed by atoms with E-state index in [9.17, 15) is 4.79 Å². The molecule has 23 heavy (non-hydrogen) atoms. The van der Waals surface area contributed by atoms with Crippen LogP contribution in [-0.4, -0.2) is 36.4 Å². The van der Waals surface area contributed by atoms with Gasteiger partial charge in [-0.1, -0.05) is 6.07 Å². The predicted molar refractivity (Wildman–Crippen MR) is 90.1 cm³/mol. The van der Waals surface area contributed by atoms with E-state index in [4.69, 9.17) is 4.74 Å². The number of hydrogen-bond donors (Lipinski definition) is 2. The molecule has 1 aromatic heterocycles. The van der Waals surface area contributed by atoms with Crippen molar-refractivity contribution in [3.8, 4) is 0 Å². The fraction of sp³-hybridized carbons (Fsp3) is 0.353. The lowest BCUT2D eigenvalue weighted by molar-refractivity contribution is 0.0942. The minimum absolute atomic E-state index is 0.230. The molecular weight excluding hydrogens is 292 g/mol. The van der Waals surface area contributed by atoms with E-state index in [1.807, 2.05) is 18.2 Å². The maximum Gasteiger partial charge on any atom is 0.271 e. The number of carbonyl (C=O) groups excluding carboxylic acids is 1. The van der Waals surface area contributed by atoms with Crippen LogP contribution in [0, 0.1) is 13.8 Å². The third-order valence-corrected chi connectivity index (χ3v) is 3.49. The number of anilines is 2. The summed E-state index contributed by atoms with van der Waals surface area (Å²) in [6.45, 7) is 5.30. The van der Waals surface area contributed by atoms with Crippen molar-refractivity contribution in [2.45, 2.75) is 20.3 Å². The molecule has 1 amide bonds. The summed E-state index contributed by atoms with van der Waals surface area (Å²) in [7, 11) is 1.63. The minimum Gasteiger partial charge on any atom is -0.385 e. The van der Waals surface area contributed by atoms with Gasteiger partial charge in [0, 0.05) is 25.9 Å². The third kappa shape index (κ3) is 5.03. The van der Waals surface area contributed by atoms with E-state index in [0.29, 0.717) is 24.7 Å². The molecule has 0 aliphatic heterocycles. The van der Waals surface area contributed by atoms with Gasteiger partial charge in [-0.3, -0.25) is 4.79 Å². The van der Waals surface area contributed by atoms with Crippen LogP contribution in [0.15, 0.2) is 30.3 Å². The Kier molecular flexibility index (Phi) is 6.05. The van der Waals surface area contributed by atoms with Crippen molar-refractivity contribution < 1.29 is 9.53 Å². The molecule has 0 bridgehead atoms. The van der Waals surface area contributed by atoms with E-state index >= 15 is 0 Å². The van der Waals surface area contributed by atoms with Crippen LogP contribution in [0.1, 0.15) is 28.0 Å². The van der Waals surface area contributed by atoms with Crippen molar-refractivity contribution in [3.63, 3.8) is 0 Å². The van der Waals surface area contributed by atoms with Crippen molar-refractivity contribution in [1.82, 2.24) is 15.5 Å². The second-order valence-corrected chi connectivity index (χ2v) is 5.33. The standard InChI is InChI=1S/C17H22N4O2/c1-12-5-6-14(11-13(12)2)19-16-8-7-15(20-21-16)17(22)18-9-4-10-23-3/h5-8,11H,4,9-10H2,1-3H3,(H,18,22)(H,19,21). The Hall–Kier alpha value is -2.47. The molecule has 2 rings (SSSR count). The fourth-order valence-corrected chi connectivity index (χ4v) is 2.00. The first-order chi connectivity index (χ1) is 11.1. The zero-order chi connectivity index (χ0) is 16.7. The van der Waals surface area contributed by atoms with E-state index in [2.05, 4.69) is 34.7 Å². The van der Waals surface area contributed by atoms with Gasteiger partial charge in [0.25, 0.3) is 5.91 Å².